The van der Waals surface area contributed by atoms with Crippen LogP contribution in [0.1, 0.15) is 13.8 Å². The van der Waals surface area contributed by atoms with Gasteiger partial charge in [0, 0.05) is 10.2 Å². The van der Waals surface area contributed by atoms with E-state index in [1.807, 2.05) is 26.0 Å². The van der Waals surface area contributed by atoms with E-state index in [0.717, 1.165) is 10.2 Å². The van der Waals surface area contributed by atoms with E-state index in [9.17, 15) is 4.79 Å². The first-order valence-corrected chi connectivity index (χ1v) is 6.04. The summed E-state index contributed by atoms with van der Waals surface area (Å²) in [6, 6.07) is 5.39. The summed E-state index contributed by atoms with van der Waals surface area (Å²) in [6.45, 7) is 3.76. The van der Waals surface area contributed by atoms with E-state index in [1.54, 1.807) is 6.07 Å². The fourth-order valence-corrected chi connectivity index (χ4v) is 1.51. The van der Waals surface area contributed by atoms with Gasteiger partial charge in [-0.15, -0.1) is 0 Å². The second kappa shape index (κ2) is 6.11. The number of hydrogen-bond acceptors (Lipinski definition) is 3. The molecule has 0 aliphatic rings. The van der Waals surface area contributed by atoms with Crippen molar-refractivity contribution in [2.24, 2.45) is 0 Å². The third-order valence-corrected chi connectivity index (χ3v) is 2.96. The lowest BCUT2D eigenvalue weighted by atomic mass is 10.3. The van der Waals surface area contributed by atoms with Crippen molar-refractivity contribution in [3.05, 3.63) is 27.7 Å². The minimum absolute atomic E-state index is 0.0946. The number of carbonyl (C=O) groups excluding carboxylic acids is 1. The molecule has 1 aromatic carbocycles. The van der Waals surface area contributed by atoms with E-state index >= 15 is 0 Å². The molecule has 0 aromatic heterocycles. The molecule has 0 atom stereocenters. The van der Waals surface area contributed by atoms with Gasteiger partial charge < -0.3 is 10.1 Å². The zero-order chi connectivity index (χ0) is 12.1. The lowest BCUT2D eigenvalue weighted by Crippen LogP contribution is -2.20. The molecule has 0 saturated heterocycles. The molecule has 3 nitrogen and oxygen atoms in total. The van der Waals surface area contributed by atoms with Crippen molar-refractivity contribution in [2.45, 2.75) is 20.0 Å². The van der Waals surface area contributed by atoms with Gasteiger partial charge in [-0.2, -0.15) is 0 Å². The molecule has 0 bridgehead atoms. The summed E-state index contributed by atoms with van der Waals surface area (Å²) in [7, 11) is 0. The Morgan fingerprint density at radius 2 is 2.25 bits per heavy atom. The monoisotopic (exact) mass is 305 g/mol. The maximum Gasteiger partial charge on any atom is 0.325 e. The molecule has 0 heterocycles. The lowest BCUT2D eigenvalue weighted by Gasteiger charge is -2.10. The highest BCUT2D eigenvalue weighted by molar-refractivity contribution is 9.10. The van der Waals surface area contributed by atoms with Gasteiger partial charge in [-0.1, -0.05) is 11.6 Å². The van der Waals surface area contributed by atoms with Crippen LogP contribution >= 0.6 is 27.5 Å². The van der Waals surface area contributed by atoms with Crippen LogP contribution in [0.4, 0.5) is 5.69 Å². The Kier molecular flexibility index (Phi) is 5.09. The quantitative estimate of drug-likeness (QED) is 0.866. The van der Waals surface area contributed by atoms with Gasteiger partial charge in [0.05, 0.1) is 11.1 Å². The van der Waals surface area contributed by atoms with Crippen LogP contribution < -0.4 is 5.32 Å². The van der Waals surface area contributed by atoms with Gasteiger partial charge in [-0.3, -0.25) is 4.79 Å². The summed E-state index contributed by atoms with van der Waals surface area (Å²) in [5.41, 5.74) is 0.786. The van der Waals surface area contributed by atoms with E-state index in [2.05, 4.69) is 21.2 Å². The Morgan fingerprint density at radius 3 is 2.81 bits per heavy atom. The highest BCUT2D eigenvalue weighted by Gasteiger charge is 2.05. The highest BCUT2D eigenvalue weighted by atomic mass is 79.9. The van der Waals surface area contributed by atoms with Crippen LogP contribution in [0.15, 0.2) is 22.7 Å². The predicted molar refractivity (Wildman–Crippen MR) is 68.9 cm³/mol. The van der Waals surface area contributed by atoms with Gasteiger partial charge >= 0.3 is 5.97 Å². The van der Waals surface area contributed by atoms with Gasteiger partial charge in [0.15, 0.2) is 0 Å². The topological polar surface area (TPSA) is 38.3 Å². The summed E-state index contributed by atoms with van der Waals surface area (Å²) >= 11 is 9.20. The maximum atomic E-state index is 11.3. The summed E-state index contributed by atoms with van der Waals surface area (Å²) in [4.78, 5) is 11.3. The number of hydrogen-bond donors (Lipinski definition) is 1. The summed E-state index contributed by atoms with van der Waals surface area (Å²) in [5, 5.41) is 3.54. The Bertz CT molecular complexity index is 382. The zero-order valence-electron chi connectivity index (χ0n) is 9.09. The van der Waals surface area contributed by atoms with Crippen molar-refractivity contribution in [3.8, 4) is 0 Å². The first-order chi connectivity index (χ1) is 7.49. The molecular formula is C11H13BrClNO2. The Balaban J connectivity index is 2.48. The SMILES string of the molecule is CC(C)OC(=O)CNc1ccc(Br)c(Cl)c1. The first kappa shape index (κ1) is 13.3. The third-order valence-electron chi connectivity index (χ3n) is 1.72. The standard InChI is InChI=1S/C11H13BrClNO2/c1-7(2)16-11(15)6-14-8-3-4-9(12)10(13)5-8/h3-5,7,14H,6H2,1-2H3. The van der Waals surface area contributed by atoms with Crippen molar-refractivity contribution in [1.29, 1.82) is 0 Å². The Labute approximate surface area is 108 Å². The van der Waals surface area contributed by atoms with Gasteiger partial charge in [-0.25, -0.2) is 0 Å². The molecule has 0 spiro atoms. The number of rotatable bonds is 4. The molecule has 0 fully saturated rings. The number of carbonyl (C=O) groups is 1. The summed E-state index contributed by atoms with van der Waals surface area (Å²) in [5.74, 6) is -0.283. The van der Waals surface area contributed by atoms with Crippen LogP contribution in [0.2, 0.25) is 5.02 Å². The fraction of sp³-hybridized carbons (Fsp3) is 0.364. The summed E-state index contributed by atoms with van der Waals surface area (Å²) < 4.78 is 5.81. The average molecular weight is 307 g/mol. The molecular weight excluding hydrogens is 293 g/mol. The smallest absolute Gasteiger partial charge is 0.325 e. The molecule has 5 heteroatoms. The Morgan fingerprint density at radius 1 is 1.56 bits per heavy atom. The van der Waals surface area contributed by atoms with Gasteiger partial charge in [0.2, 0.25) is 0 Å². The van der Waals surface area contributed by atoms with Crippen LogP contribution in [-0.4, -0.2) is 18.6 Å². The largest absolute Gasteiger partial charge is 0.462 e. The number of ether oxygens (including phenoxy) is 1. The lowest BCUT2D eigenvalue weighted by molar-refractivity contribution is -0.145. The molecule has 1 aromatic rings. The van der Waals surface area contributed by atoms with Crippen LogP contribution in [0.3, 0.4) is 0 Å². The molecule has 0 saturated carbocycles. The number of nitrogens with one attached hydrogen (secondary N) is 1. The molecule has 0 aliphatic heterocycles. The van der Waals surface area contributed by atoms with Crippen molar-refractivity contribution in [2.75, 3.05) is 11.9 Å². The van der Waals surface area contributed by atoms with Crippen molar-refractivity contribution >= 4 is 39.2 Å². The molecule has 0 radical (unpaired) electrons. The van der Waals surface area contributed by atoms with E-state index in [1.165, 1.54) is 0 Å². The third kappa shape index (κ3) is 4.41. The second-order valence-electron chi connectivity index (χ2n) is 3.52. The number of halogens is 2. The molecule has 1 rings (SSSR count). The molecule has 1 N–H and O–H groups in total. The molecule has 0 unspecified atom stereocenters. The minimum atomic E-state index is -0.283. The fourth-order valence-electron chi connectivity index (χ4n) is 1.08. The molecule has 0 amide bonds. The zero-order valence-corrected chi connectivity index (χ0v) is 11.4. The number of benzene rings is 1. The van der Waals surface area contributed by atoms with Crippen LogP contribution in [0.25, 0.3) is 0 Å². The van der Waals surface area contributed by atoms with Gasteiger partial charge in [0.25, 0.3) is 0 Å². The van der Waals surface area contributed by atoms with Crippen LogP contribution in [-0.2, 0) is 9.53 Å². The maximum absolute atomic E-state index is 11.3. The summed E-state index contributed by atoms with van der Waals surface area (Å²) in [6.07, 6.45) is -0.0946. The van der Waals surface area contributed by atoms with E-state index in [0.29, 0.717) is 5.02 Å². The van der Waals surface area contributed by atoms with E-state index < -0.39 is 0 Å². The Hall–Kier alpha value is -0.740. The van der Waals surface area contributed by atoms with E-state index in [4.69, 9.17) is 16.3 Å². The second-order valence-corrected chi connectivity index (χ2v) is 4.78. The molecule has 88 valence electrons. The molecule has 16 heavy (non-hydrogen) atoms. The highest BCUT2D eigenvalue weighted by Crippen LogP contribution is 2.25. The minimum Gasteiger partial charge on any atom is -0.462 e. The first-order valence-electron chi connectivity index (χ1n) is 4.87. The number of anilines is 1. The van der Waals surface area contributed by atoms with Crippen LogP contribution in [0, 0.1) is 0 Å². The van der Waals surface area contributed by atoms with Gasteiger partial charge in [0.1, 0.15) is 6.54 Å². The normalized spacial score (nSPS) is 10.3. The predicted octanol–water partition coefficient (Wildman–Crippen LogP) is 3.47. The van der Waals surface area contributed by atoms with Gasteiger partial charge in [-0.05, 0) is 48.0 Å². The number of esters is 1. The van der Waals surface area contributed by atoms with E-state index in [-0.39, 0.29) is 18.6 Å². The molecule has 0 aliphatic carbocycles. The van der Waals surface area contributed by atoms with Crippen LogP contribution in [0.5, 0.6) is 0 Å². The van der Waals surface area contributed by atoms with Crippen molar-refractivity contribution < 1.29 is 9.53 Å². The van der Waals surface area contributed by atoms with Crippen molar-refractivity contribution in [3.63, 3.8) is 0 Å². The van der Waals surface area contributed by atoms with Crippen molar-refractivity contribution in [1.82, 2.24) is 0 Å². The average Bonchev–Trinajstić information content (AvgIpc) is 2.19.